The van der Waals surface area contributed by atoms with E-state index in [4.69, 9.17) is 17.3 Å². The number of nitrogens with two attached hydrogens (primary N) is 1. The van der Waals surface area contributed by atoms with E-state index in [0.717, 1.165) is 0 Å². The number of sulfonamides is 1. The molecule has 0 fully saturated rings. The van der Waals surface area contributed by atoms with Gasteiger partial charge < -0.3 is 11.1 Å². The van der Waals surface area contributed by atoms with Gasteiger partial charge in [0.2, 0.25) is 15.9 Å². The van der Waals surface area contributed by atoms with E-state index in [1.54, 1.807) is 6.92 Å². The Morgan fingerprint density at radius 3 is 2.58 bits per heavy atom. The number of amides is 1. The number of benzene rings is 1. The summed E-state index contributed by atoms with van der Waals surface area (Å²) in [6, 6.07) is 2.82. The number of rotatable bonds is 5. The van der Waals surface area contributed by atoms with Gasteiger partial charge in [-0.1, -0.05) is 11.6 Å². The van der Waals surface area contributed by atoms with Crippen molar-refractivity contribution in [3.63, 3.8) is 0 Å². The molecule has 0 aliphatic rings. The first kappa shape index (κ1) is 15.7. The topological polar surface area (TPSA) is 101 Å². The molecule has 0 radical (unpaired) electrons. The van der Waals surface area contributed by atoms with Crippen LogP contribution in [0.1, 0.15) is 12.5 Å². The standard InChI is InChI=1S/C11H16ClN3O3S/c1-7-5-9(12)11(6-10(7)13)19(17,18)15-4-3-14-8(2)16/h5-6,15H,3-4,13H2,1-2H3,(H,14,16). The van der Waals surface area contributed by atoms with Gasteiger partial charge in [-0.2, -0.15) is 0 Å². The van der Waals surface area contributed by atoms with E-state index in [1.165, 1.54) is 19.1 Å². The fraction of sp³-hybridized carbons (Fsp3) is 0.364. The minimum Gasteiger partial charge on any atom is -0.398 e. The Bertz CT molecular complexity index is 587. The number of nitrogen functional groups attached to an aromatic ring is 1. The molecule has 6 nitrogen and oxygen atoms in total. The van der Waals surface area contributed by atoms with Gasteiger partial charge in [0.25, 0.3) is 0 Å². The van der Waals surface area contributed by atoms with Crippen molar-refractivity contribution in [1.29, 1.82) is 0 Å². The Hall–Kier alpha value is -1.31. The molecule has 0 aliphatic carbocycles. The van der Waals surface area contributed by atoms with Crippen molar-refractivity contribution in [3.05, 3.63) is 22.7 Å². The summed E-state index contributed by atoms with van der Waals surface area (Å²) in [6.45, 7) is 3.37. The third-order valence-electron chi connectivity index (χ3n) is 2.40. The minimum absolute atomic E-state index is 0.0694. The van der Waals surface area contributed by atoms with Crippen LogP contribution in [-0.4, -0.2) is 27.4 Å². The van der Waals surface area contributed by atoms with Crippen LogP contribution in [0, 0.1) is 6.92 Å². The Balaban J connectivity index is 2.83. The Kier molecular flexibility index (Phi) is 5.16. The summed E-state index contributed by atoms with van der Waals surface area (Å²) in [7, 11) is -3.74. The number of carbonyl (C=O) groups is 1. The van der Waals surface area contributed by atoms with Crippen LogP contribution < -0.4 is 15.8 Å². The van der Waals surface area contributed by atoms with Gasteiger partial charge in [0.1, 0.15) is 4.90 Å². The number of carbonyl (C=O) groups excluding carboxylic acids is 1. The number of nitrogens with one attached hydrogen (secondary N) is 2. The van der Waals surface area contributed by atoms with Gasteiger partial charge in [-0.25, -0.2) is 13.1 Å². The van der Waals surface area contributed by atoms with Crippen LogP contribution in [0.25, 0.3) is 0 Å². The minimum atomic E-state index is -3.74. The smallest absolute Gasteiger partial charge is 0.242 e. The van der Waals surface area contributed by atoms with E-state index in [1.807, 2.05) is 0 Å². The highest BCUT2D eigenvalue weighted by Gasteiger charge is 2.18. The average Bonchev–Trinajstić information content (AvgIpc) is 2.29. The summed E-state index contributed by atoms with van der Waals surface area (Å²) < 4.78 is 26.3. The fourth-order valence-corrected chi connectivity index (χ4v) is 3.02. The van der Waals surface area contributed by atoms with Crippen LogP contribution in [0.4, 0.5) is 5.69 Å². The van der Waals surface area contributed by atoms with Crippen molar-refractivity contribution >= 4 is 33.2 Å². The fourth-order valence-electron chi connectivity index (χ4n) is 1.38. The molecule has 0 unspecified atom stereocenters. The first-order chi connectivity index (χ1) is 8.74. The van der Waals surface area contributed by atoms with Crippen molar-refractivity contribution < 1.29 is 13.2 Å². The zero-order valence-electron chi connectivity index (χ0n) is 10.7. The molecule has 1 aromatic rings. The van der Waals surface area contributed by atoms with Crippen LogP contribution in [0.2, 0.25) is 5.02 Å². The third-order valence-corrected chi connectivity index (χ3v) is 4.33. The molecule has 1 rings (SSSR count). The second-order valence-electron chi connectivity index (χ2n) is 4.02. The van der Waals surface area contributed by atoms with Gasteiger partial charge in [-0.05, 0) is 24.6 Å². The molecule has 8 heteroatoms. The van der Waals surface area contributed by atoms with Crippen LogP contribution in [0.5, 0.6) is 0 Å². The number of aryl methyl sites for hydroxylation is 1. The SMILES string of the molecule is CC(=O)NCCNS(=O)(=O)c1cc(N)c(C)cc1Cl. The van der Waals surface area contributed by atoms with E-state index >= 15 is 0 Å². The molecular weight excluding hydrogens is 290 g/mol. The quantitative estimate of drug-likeness (QED) is 0.549. The van der Waals surface area contributed by atoms with Crippen LogP contribution in [-0.2, 0) is 14.8 Å². The summed E-state index contributed by atoms with van der Waals surface area (Å²) in [5, 5.41) is 2.59. The van der Waals surface area contributed by atoms with Crippen LogP contribution in [0.3, 0.4) is 0 Å². The van der Waals surface area contributed by atoms with Gasteiger partial charge in [0, 0.05) is 25.7 Å². The van der Waals surface area contributed by atoms with Crippen molar-refractivity contribution in [2.45, 2.75) is 18.7 Å². The Morgan fingerprint density at radius 2 is 2.00 bits per heavy atom. The maximum absolute atomic E-state index is 12.0. The lowest BCUT2D eigenvalue weighted by atomic mass is 10.2. The zero-order chi connectivity index (χ0) is 14.6. The zero-order valence-corrected chi connectivity index (χ0v) is 12.2. The summed E-state index contributed by atoms with van der Waals surface area (Å²) in [5.41, 5.74) is 6.74. The van der Waals surface area contributed by atoms with Gasteiger partial charge in [0.05, 0.1) is 5.02 Å². The van der Waals surface area contributed by atoms with E-state index < -0.39 is 10.0 Å². The largest absolute Gasteiger partial charge is 0.398 e. The second-order valence-corrected chi connectivity index (χ2v) is 6.16. The van der Waals surface area contributed by atoms with E-state index in [0.29, 0.717) is 11.3 Å². The number of hydrogen-bond acceptors (Lipinski definition) is 4. The molecule has 0 heterocycles. The lowest BCUT2D eigenvalue weighted by Crippen LogP contribution is -2.33. The first-order valence-corrected chi connectivity index (χ1v) is 7.40. The summed E-state index contributed by atoms with van der Waals surface area (Å²) in [6.07, 6.45) is 0. The van der Waals surface area contributed by atoms with Crippen LogP contribution in [0.15, 0.2) is 17.0 Å². The van der Waals surface area contributed by atoms with Crippen molar-refractivity contribution in [2.24, 2.45) is 0 Å². The van der Waals surface area contributed by atoms with Gasteiger partial charge in [-0.3, -0.25) is 4.79 Å². The average molecular weight is 306 g/mol. The Morgan fingerprint density at radius 1 is 1.37 bits per heavy atom. The lowest BCUT2D eigenvalue weighted by Gasteiger charge is -2.10. The second kappa shape index (κ2) is 6.23. The van der Waals surface area contributed by atoms with Gasteiger partial charge in [0.15, 0.2) is 0 Å². The molecular formula is C11H16ClN3O3S. The predicted molar refractivity (Wildman–Crippen MR) is 74.5 cm³/mol. The van der Waals surface area contributed by atoms with Gasteiger partial charge in [-0.15, -0.1) is 0 Å². The molecule has 4 N–H and O–H groups in total. The number of anilines is 1. The molecule has 0 bridgehead atoms. The summed E-state index contributed by atoms with van der Waals surface area (Å²) >= 11 is 5.90. The Labute approximate surface area is 117 Å². The van der Waals surface area contributed by atoms with Crippen molar-refractivity contribution in [1.82, 2.24) is 10.0 Å². The van der Waals surface area contributed by atoms with Crippen LogP contribution >= 0.6 is 11.6 Å². The molecule has 0 aromatic heterocycles. The third kappa shape index (κ3) is 4.38. The first-order valence-electron chi connectivity index (χ1n) is 5.54. The van der Waals surface area contributed by atoms with E-state index in [2.05, 4.69) is 10.0 Å². The van der Waals surface area contributed by atoms with Gasteiger partial charge >= 0.3 is 0 Å². The molecule has 0 atom stereocenters. The highest BCUT2D eigenvalue weighted by Crippen LogP contribution is 2.26. The number of halogens is 1. The van der Waals surface area contributed by atoms with E-state index in [9.17, 15) is 13.2 Å². The lowest BCUT2D eigenvalue weighted by molar-refractivity contribution is -0.118. The van der Waals surface area contributed by atoms with E-state index in [-0.39, 0.29) is 28.9 Å². The molecule has 1 amide bonds. The highest BCUT2D eigenvalue weighted by molar-refractivity contribution is 7.89. The predicted octanol–water partition coefficient (Wildman–Crippen LogP) is 0.645. The molecule has 19 heavy (non-hydrogen) atoms. The normalized spacial score (nSPS) is 11.3. The molecule has 106 valence electrons. The van der Waals surface area contributed by atoms with Crippen molar-refractivity contribution in [2.75, 3.05) is 18.8 Å². The molecule has 1 aromatic carbocycles. The summed E-state index contributed by atoms with van der Waals surface area (Å²) in [4.78, 5) is 10.6. The maximum atomic E-state index is 12.0. The summed E-state index contributed by atoms with van der Waals surface area (Å²) in [5.74, 6) is -0.225. The monoisotopic (exact) mass is 305 g/mol. The molecule has 0 spiro atoms. The van der Waals surface area contributed by atoms with Crippen molar-refractivity contribution in [3.8, 4) is 0 Å². The number of hydrogen-bond donors (Lipinski definition) is 3. The molecule has 0 saturated heterocycles. The maximum Gasteiger partial charge on any atom is 0.242 e. The molecule has 0 aliphatic heterocycles. The molecule has 0 saturated carbocycles. The highest BCUT2D eigenvalue weighted by atomic mass is 35.5.